The predicted octanol–water partition coefficient (Wildman–Crippen LogP) is 2.63. The van der Waals surface area contributed by atoms with Crippen molar-refractivity contribution in [2.24, 2.45) is 5.92 Å². The fourth-order valence-electron chi connectivity index (χ4n) is 3.45. The van der Waals surface area contributed by atoms with Crippen LogP contribution in [0.15, 0.2) is 6.33 Å². The van der Waals surface area contributed by atoms with Crippen LogP contribution in [0.25, 0.3) is 5.78 Å². The Balaban J connectivity index is 1.84. The Kier molecular flexibility index (Phi) is 3.28. The molecule has 0 unspecified atom stereocenters. The Morgan fingerprint density at radius 2 is 2.14 bits per heavy atom. The lowest BCUT2D eigenvalue weighted by Crippen LogP contribution is -2.31. The molecule has 0 aliphatic heterocycles. The van der Waals surface area contributed by atoms with Gasteiger partial charge in [-0.25, -0.2) is 4.98 Å². The Morgan fingerprint density at radius 1 is 1.29 bits per heavy atom. The lowest BCUT2D eigenvalue weighted by atomic mass is 9.96. The van der Waals surface area contributed by atoms with Crippen molar-refractivity contribution in [1.29, 1.82) is 0 Å². The van der Waals surface area contributed by atoms with Crippen molar-refractivity contribution >= 4 is 11.6 Å². The second-order valence-electron chi connectivity index (χ2n) is 6.43. The second kappa shape index (κ2) is 5.28. The summed E-state index contributed by atoms with van der Waals surface area (Å²) in [6, 6.07) is 0. The fraction of sp³-hybridized carbons (Fsp3) is 0.688. The van der Waals surface area contributed by atoms with Crippen LogP contribution in [0.4, 0.5) is 5.82 Å². The minimum absolute atomic E-state index is 0.766. The zero-order valence-corrected chi connectivity index (χ0v) is 12.8. The summed E-state index contributed by atoms with van der Waals surface area (Å²) in [4.78, 5) is 11.6. The highest BCUT2D eigenvalue weighted by molar-refractivity contribution is 5.55. The zero-order chi connectivity index (χ0) is 14.2. The highest BCUT2D eigenvalue weighted by atomic mass is 15.4. The molecule has 2 aliphatic carbocycles. The average Bonchev–Trinajstić information content (AvgIpc) is 3.20. The first-order valence-electron chi connectivity index (χ1n) is 8.33. The van der Waals surface area contributed by atoms with E-state index < -0.39 is 0 Å². The number of aromatic nitrogens is 4. The monoisotopic (exact) mass is 285 g/mol. The van der Waals surface area contributed by atoms with E-state index >= 15 is 0 Å². The van der Waals surface area contributed by atoms with E-state index in [0.717, 1.165) is 31.1 Å². The molecule has 0 saturated heterocycles. The largest absolute Gasteiger partial charge is 0.356 e. The number of hydrogen-bond donors (Lipinski definition) is 0. The molecule has 0 atom stereocenters. The minimum atomic E-state index is 0.766. The van der Waals surface area contributed by atoms with Crippen LogP contribution in [-0.2, 0) is 12.8 Å². The Labute approximate surface area is 125 Å². The van der Waals surface area contributed by atoms with Gasteiger partial charge < -0.3 is 4.90 Å². The van der Waals surface area contributed by atoms with Crippen molar-refractivity contribution in [3.05, 3.63) is 17.6 Å². The van der Waals surface area contributed by atoms with Crippen LogP contribution in [0.1, 0.15) is 50.3 Å². The third-order valence-electron chi connectivity index (χ3n) is 4.64. The van der Waals surface area contributed by atoms with Crippen molar-refractivity contribution in [3.63, 3.8) is 0 Å². The quantitative estimate of drug-likeness (QED) is 0.847. The summed E-state index contributed by atoms with van der Waals surface area (Å²) < 4.78 is 1.97. The number of rotatable bonds is 5. The van der Waals surface area contributed by atoms with E-state index in [2.05, 4.69) is 21.9 Å². The van der Waals surface area contributed by atoms with E-state index in [1.807, 2.05) is 4.52 Å². The first-order valence-corrected chi connectivity index (χ1v) is 8.33. The van der Waals surface area contributed by atoms with Gasteiger partial charge in [-0.15, -0.1) is 0 Å². The molecular weight excluding hydrogens is 262 g/mol. The van der Waals surface area contributed by atoms with Gasteiger partial charge in [0.15, 0.2) is 0 Å². The van der Waals surface area contributed by atoms with Crippen LogP contribution in [0.5, 0.6) is 0 Å². The smallest absolute Gasteiger partial charge is 0.254 e. The van der Waals surface area contributed by atoms with Crippen molar-refractivity contribution in [3.8, 4) is 0 Å². The van der Waals surface area contributed by atoms with Gasteiger partial charge >= 0.3 is 0 Å². The van der Waals surface area contributed by atoms with E-state index in [1.165, 1.54) is 55.7 Å². The van der Waals surface area contributed by atoms with Crippen LogP contribution in [0.3, 0.4) is 0 Å². The van der Waals surface area contributed by atoms with Gasteiger partial charge in [0.05, 0.1) is 5.69 Å². The normalized spacial score (nSPS) is 18.0. The van der Waals surface area contributed by atoms with E-state index in [4.69, 9.17) is 4.98 Å². The molecule has 5 nitrogen and oxygen atoms in total. The van der Waals surface area contributed by atoms with E-state index in [9.17, 15) is 0 Å². The van der Waals surface area contributed by atoms with E-state index in [-0.39, 0.29) is 0 Å². The molecular formula is C16H23N5. The van der Waals surface area contributed by atoms with E-state index in [1.54, 1.807) is 6.33 Å². The summed E-state index contributed by atoms with van der Waals surface area (Å²) >= 11 is 0. The molecule has 2 aromatic heterocycles. The molecule has 1 saturated carbocycles. The minimum Gasteiger partial charge on any atom is -0.356 e. The first-order chi connectivity index (χ1) is 10.4. The standard InChI is InChI=1S/C16H23N5/c1-2-9-20(10-12-7-8-12)15-13-5-3-4-6-14(13)19-16-17-11-18-21(15)16/h11-12H,2-10H2,1H3. The SMILES string of the molecule is CCCN(CC1CC1)c1c2c(nc3ncnn13)CCCC2. The van der Waals surface area contributed by atoms with Gasteiger partial charge in [-0.1, -0.05) is 6.92 Å². The molecule has 0 amide bonds. The summed E-state index contributed by atoms with van der Waals surface area (Å²) in [6.07, 6.45) is 10.3. The van der Waals surface area contributed by atoms with Gasteiger partial charge in [-0.3, -0.25) is 0 Å². The van der Waals surface area contributed by atoms with Crippen molar-refractivity contribution < 1.29 is 0 Å². The maximum Gasteiger partial charge on any atom is 0.254 e. The number of aryl methyl sites for hydroxylation is 1. The Bertz CT molecular complexity index is 643. The van der Waals surface area contributed by atoms with Gasteiger partial charge in [-0.05, 0) is 50.9 Å². The van der Waals surface area contributed by atoms with Crippen LogP contribution in [-0.4, -0.2) is 32.7 Å². The number of nitrogens with zero attached hydrogens (tertiary/aromatic N) is 5. The van der Waals surface area contributed by atoms with Gasteiger partial charge in [0, 0.05) is 18.7 Å². The molecule has 2 aromatic rings. The molecule has 112 valence electrons. The van der Waals surface area contributed by atoms with Crippen LogP contribution in [0, 0.1) is 5.92 Å². The second-order valence-corrected chi connectivity index (χ2v) is 6.43. The molecule has 0 bridgehead atoms. The highest BCUT2D eigenvalue weighted by Gasteiger charge is 2.28. The van der Waals surface area contributed by atoms with Gasteiger partial charge in [0.25, 0.3) is 5.78 Å². The van der Waals surface area contributed by atoms with E-state index in [0.29, 0.717) is 0 Å². The fourth-order valence-corrected chi connectivity index (χ4v) is 3.45. The summed E-state index contributed by atoms with van der Waals surface area (Å²) in [5.41, 5.74) is 2.68. The summed E-state index contributed by atoms with van der Waals surface area (Å²) in [5.74, 6) is 2.92. The molecule has 21 heavy (non-hydrogen) atoms. The van der Waals surface area contributed by atoms with Crippen LogP contribution < -0.4 is 4.90 Å². The molecule has 0 N–H and O–H groups in total. The van der Waals surface area contributed by atoms with Crippen molar-refractivity contribution in [1.82, 2.24) is 19.6 Å². The van der Waals surface area contributed by atoms with Crippen molar-refractivity contribution in [2.75, 3.05) is 18.0 Å². The lowest BCUT2D eigenvalue weighted by Gasteiger charge is -2.29. The molecule has 2 heterocycles. The van der Waals surface area contributed by atoms with Gasteiger partial charge in [-0.2, -0.15) is 14.6 Å². The third-order valence-corrected chi connectivity index (χ3v) is 4.64. The van der Waals surface area contributed by atoms with Gasteiger partial charge in [0.2, 0.25) is 0 Å². The summed E-state index contributed by atoms with van der Waals surface area (Å²) in [7, 11) is 0. The molecule has 0 aromatic carbocycles. The molecule has 4 rings (SSSR count). The molecule has 2 aliphatic rings. The summed E-state index contributed by atoms with van der Waals surface area (Å²) in [5, 5.41) is 4.46. The highest BCUT2D eigenvalue weighted by Crippen LogP contribution is 2.34. The van der Waals surface area contributed by atoms with Crippen LogP contribution in [0.2, 0.25) is 0 Å². The van der Waals surface area contributed by atoms with Crippen LogP contribution >= 0.6 is 0 Å². The average molecular weight is 285 g/mol. The molecule has 0 spiro atoms. The molecule has 0 radical (unpaired) electrons. The zero-order valence-electron chi connectivity index (χ0n) is 12.8. The Hall–Kier alpha value is -1.65. The third kappa shape index (κ3) is 2.39. The lowest BCUT2D eigenvalue weighted by molar-refractivity contribution is 0.634. The van der Waals surface area contributed by atoms with Crippen molar-refractivity contribution in [2.45, 2.75) is 51.9 Å². The number of hydrogen-bond acceptors (Lipinski definition) is 4. The molecule has 5 heteroatoms. The number of anilines is 1. The number of fused-ring (bicyclic) bond motifs is 2. The first kappa shape index (κ1) is 13.0. The maximum atomic E-state index is 4.74. The van der Waals surface area contributed by atoms with Gasteiger partial charge in [0.1, 0.15) is 12.1 Å². The topological polar surface area (TPSA) is 46.3 Å². The molecule has 1 fully saturated rings. The Morgan fingerprint density at radius 3 is 2.95 bits per heavy atom. The maximum absolute atomic E-state index is 4.74. The predicted molar refractivity (Wildman–Crippen MR) is 82.7 cm³/mol. The summed E-state index contributed by atoms with van der Waals surface area (Å²) in [6.45, 7) is 4.52.